The average molecular weight is 218 g/mol. The topological polar surface area (TPSA) is 0 Å². The normalized spacial score (nSPS) is 16.9. The summed E-state index contributed by atoms with van der Waals surface area (Å²) in [5.41, 5.74) is 2.79. The molecule has 1 saturated carbocycles. The van der Waals surface area contributed by atoms with Crippen LogP contribution < -0.4 is 0 Å². The van der Waals surface area contributed by atoms with Crippen molar-refractivity contribution < 1.29 is 0 Å². The Bertz CT molecular complexity index is 331. The van der Waals surface area contributed by atoms with E-state index in [2.05, 4.69) is 37.1 Å². The van der Waals surface area contributed by atoms with Gasteiger partial charge in [0.25, 0.3) is 0 Å². The van der Waals surface area contributed by atoms with Gasteiger partial charge in [0.15, 0.2) is 0 Å². The van der Waals surface area contributed by atoms with E-state index in [4.69, 9.17) is 0 Å². The van der Waals surface area contributed by atoms with Crippen LogP contribution >= 0.6 is 11.8 Å². The largest absolute Gasteiger partial charge is 0.130 e. The number of thioether (sulfide) groups is 1. The van der Waals surface area contributed by atoms with Gasteiger partial charge in [-0.15, -0.1) is 11.8 Å². The van der Waals surface area contributed by atoms with E-state index < -0.39 is 0 Å². The lowest BCUT2D eigenvalue weighted by atomic mass is 9.97. The van der Waals surface area contributed by atoms with Crippen molar-refractivity contribution in [2.24, 2.45) is 0 Å². The van der Waals surface area contributed by atoms with Crippen molar-refractivity contribution in [2.75, 3.05) is 6.26 Å². The number of hydrogen-bond acceptors (Lipinski definition) is 1. The van der Waals surface area contributed by atoms with Crippen molar-refractivity contribution >= 4 is 16.7 Å². The molecule has 2 rings (SSSR count). The van der Waals surface area contributed by atoms with E-state index in [9.17, 15) is 0 Å². The van der Waals surface area contributed by atoms with E-state index in [-0.39, 0.29) is 0 Å². The third-order valence-corrected chi connectivity index (χ3v) is 4.03. The molecule has 1 heteroatoms. The van der Waals surface area contributed by atoms with Crippen LogP contribution in [0.25, 0.3) is 4.91 Å². The number of rotatable bonds is 3. The third-order valence-electron chi connectivity index (χ3n) is 3.31. The second-order valence-electron chi connectivity index (χ2n) is 4.23. The maximum atomic E-state index is 4.03. The number of hydrogen-bond donors (Lipinski definition) is 0. The Hall–Kier alpha value is -0.690. The molecule has 1 aliphatic carbocycles. The summed E-state index contributed by atoms with van der Waals surface area (Å²) in [6.45, 7) is 4.03. The molecule has 0 aromatic heterocycles. The van der Waals surface area contributed by atoms with Crippen LogP contribution in [0.1, 0.15) is 42.7 Å². The first-order valence-electron chi connectivity index (χ1n) is 5.64. The zero-order valence-electron chi connectivity index (χ0n) is 9.33. The quantitative estimate of drug-likeness (QED) is 0.710. The van der Waals surface area contributed by atoms with Gasteiger partial charge >= 0.3 is 0 Å². The molecule has 80 valence electrons. The van der Waals surface area contributed by atoms with Crippen LogP contribution in [0.5, 0.6) is 0 Å². The fraction of sp³-hybridized carbons (Fsp3) is 0.429. The zero-order valence-corrected chi connectivity index (χ0v) is 10.1. The zero-order chi connectivity index (χ0) is 10.7. The molecule has 1 aliphatic rings. The van der Waals surface area contributed by atoms with Crippen LogP contribution in [-0.4, -0.2) is 6.26 Å². The molecule has 1 aromatic carbocycles. The molecule has 0 spiro atoms. The standard InChI is InChI=1S/C14H18S/c1-11(15-2)12-7-9-14(10-8-12)13-5-3-4-6-13/h7-10,13H,1,3-6H2,2H3. The Kier molecular flexibility index (Phi) is 3.53. The lowest BCUT2D eigenvalue weighted by Gasteiger charge is -2.10. The van der Waals surface area contributed by atoms with Crippen molar-refractivity contribution in [3.05, 3.63) is 42.0 Å². The summed E-state index contributed by atoms with van der Waals surface area (Å²) in [5, 5.41) is 0. The molecule has 0 amide bonds. The Morgan fingerprint density at radius 2 is 1.80 bits per heavy atom. The SMILES string of the molecule is C=C(SC)c1ccc(C2CCCC2)cc1. The van der Waals surface area contributed by atoms with E-state index in [1.807, 2.05) is 0 Å². The summed E-state index contributed by atoms with van der Waals surface area (Å²) < 4.78 is 0. The highest BCUT2D eigenvalue weighted by Crippen LogP contribution is 2.34. The molecule has 0 atom stereocenters. The van der Waals surface area contributed by atoms with E-state index in [0.717, 1.165) is 10.8 Å². The van der Waals surface area contributed by atoms with Gasteiger partial charge in [-0.05, 0) is 36.1 Å². The molecule has 1 fully saturated rings. The van der Waals surface area contributed by atoms with Crippen LogP contribution in [0, 0.1) is 0 Å². The molecule has 0 saturated heterocycles. The van der Waals surface area contributed by atoms with E-state index in [1.54, 1.807) is 11.8 Å². The van der Waals surface area contributed by atoms with Crippen molar-refractivity contribution in [3.63, 3.8) is 0 Å². The van der Waals surface area contributed by atoms with Crippen molar-refractivity contribution in [2.45, 2.75) is 31.6 Å². The number of benzene rings is 1. The summed E-state index contributed by atoms with van der Waals surface area (Å²) in [4.78, 5) is 1.16. The van der Waals surface area contributed by atoms with Gasteiger partial charge in [-0.1, -0.05) is 43.7 Å². The summed E-state index contributed by atoms with van der Waals surface area (Å²) in [6, 6.07) is 9.00. The maximum Gasteiger partial charge on any atom is 0.00697 e. The van der Waals surface area contributed by atoms with Crippen LogP contribution in [-0.2, 0) is 0 Å². The highest BCUT2D eigenvalue weighted by Gasteiger charge is 2.16. The highest BCUT2D eigenvalue weighted by atomic mass is 32.2. The summed E-state index contributed by atoms with van der Waals surface area (Å²) in [5.74, 6) is 0.821. The summed E-state index contributed by atoms with van der Waals surface area (Å²) in [6.07, 6.45) is 7.65. The fourth-order valence-corrected chi connectivity index (χ4v) is 2.69. The first-order valence-corrected chi connectivity index (χ1v) is 6.87. The maximum absolute atomic E-state index is 4.03. The van der Waals surface area contributed by atoms with Gasteiger partial charge in [0.05, 0.1) is 0 Å². The lowest BCUT2D eigenvalue weighted by Crippen LogP contribution is -1.91. The highest BCUT2D eigenvalue weighted by molar-refractivity contribution is 8.07. The molecule has 0 nitrogen and oxygen atoms in total. The molecule has 0 radical (unpaired) electrons. The molecule has 1 aromatic rings. The second-order valence-corrected chi connectivity index (χ2v) is 5.13. The Labute approximate surface area is 96.8 Å². The molecule has 0 bridgehead atoms. The van der Waals surface area contributed by atoms with Crippen molar-refractivity contribution in [3.8, 4) is 0 Å². The molecule has 0 unspecified atom stereocenters. The monoisotopic (exact) mass is 218 g/mol. The van der Waals surface area contributed by atoms with Crippen molar-refractivity contribution in [1.29, 1.82) is 0 Å². The molecule has 15 heavy (non-hydrogen) atoms. The average Bonchev–Trinajstić information content (AvgIpc) is 2.82. The van der Waals surface area contributed by atoms with Gasteiger partial charge in [-0.2, -0.15) is 0 Å². The van der Waals surface area contributed by atoms with Crippen molar-refractivity contribution in [1.82, 2.24) is 0 Å². The second kappa shape index (κ2) is 4.89. The predicted octanol–water partition coefficient (Wildman–Crippen LogP) is 4.68. The Morgan fingerprint density at radius 3 is 2.33 bits per heavy atom. The lowest BCUT2D eigenvalue weighted by molar-refractivity contribution is 0.723. The first kappa shape index (κ1) is 10.8. The third kappa shape index (κ3) is 2.46. The van der Waals surface area contributed by atoms with E-state index in [0.29, 0.717) is 0 Å². The predicted molar refractivity (Wildman–Crippen MR) is 70.2 cm³/mol. The smallest absolute Gasteiger partial charge is 0.00697 e. The first-order chi connectivity index (χ1) is 7.31. The van der Waals surface area contributed by atoms with E-state index >= 15 is 0 Å². The Balaban J connectivity index is 2.12. The van der Waals surface area contributed by atoms with Crippen LogP contribution in [0.4, 0.5) is 0 Å². The Morgan fingerprint density at radius 1 is 1.20 bits per heavy atom. The molecule has 0 N–H and O–H groups in total. The minimum atomic E-state index is 0.821. The van der Waals surface area contributed by atoms with Gasteiger partial charge in [0.2, 0.25) is 0 Å². The minimum absolute atomic E-state index is 0.821. The molecule has 0 aliphatic heterocycles. The summed E-state index contributed by atoms with van der Waals surface area (Å²) >= 11 is 1.72. The van der Waals surface area contributed by atoms with Gasteiger partial charge in [0, 0.05) is 4.91 Å². The molecular weight excluding hydrogens is 200 g/mol. The van der Waals surface area contributed by atoms with E-state index in [1.165, 1.54) is 36.8 Å². The van der Waals surface area contributed by atoms with Crippen LogP contribution in [0.3, 0.4) is 0 Å². The molecular formula is C14H18S. The fourth-order valence-electron chi connectivity index (χ4n) is 2.32. The van der Waals surface area contributed by atoms with Crippen LogP contribution in [0.15, 0.2) is 30.8 Å². The molecule has 0 heterocycles. The van der Waals surface area contributed by atoms with Gasteiger partial charge in [-0.25, -0.2) is 0 Å². The van der Waals surface area contributed by atoms with Gasteiger partial charge < -0.3 is 0 Å². The van der Waals surface area contributed by atoms with Crippen LogP contribution in [0.2, 0.25) is 0 Å². The van der Waals surface area contributed by atoms with Gasteiger partial charge in [0.1, 0.15) is 0 Å². The summed E-state index contributed by atoms with van der Waals surface area (Å²) in [7, 11) is 0. The minimum Gasteiger partial charge on any atom is -0.130 e. The van der Waals surface area contributed by atoms with Gasteiger partial charge in [-0.3, -0.25) is 0 Å².